The lowest BCUT2D eigenvalue weighted by molar-refractivity contribution is -0.117. The molecular weight excluding hydrogens is 296 g/mol. The van der Waals surface area contributed by atoms with Crippen LogP contribution >= 0.6 is 11.8 Å². The number of nitrogens with one attached hydrogen (secondary N) is 1. The number of carbonyl (C=O) groups excluding carboxylic acids is 1. The normalized spacial score (nSPS) is 14.4. The number of amides is 1. The van der Waals surface area contributed by atoms with Crippen LogP contribution in [0.5, 0.6) is 0 Å². The zero-order chi connectivity index (χ0) is 16.2. The summed E-state index contributed by atoms with van der Waals surface area (Å²) in [6.07, 6.45) is 7.24. The molecule has 0 aliphatic heterocycles. The van der Waals surface area contributed by atoms with Crippen molar-refractivity contribution in [3.8, 4) is 0 Å². The summed E-state index contributed by atoms with van der Waals surface area (Å²) in [7, 11) is 1.99. The first-order chi connectivity index (χ1) is 10.4. The van der Waals surface area contributed by atoms with Gasteiger partial charge in [-0.05, 0) is 25.3 Å². The average molecular weight is 318 g/mol. The first-order valence-electron chi connectivity index (χ1n) is 7.14. The van der Waals surface area contributed by atoms with Crippen LogP contribution in [-0.2, 0) is 11.8 Å². The Bertz CT molecular complexity index is 689. The van der Waals surface area contributed by atoms with Crippen LogP contribution in [0.1, 0.15) is 12.5 Å². The molecule has 0 saturated carbocycles. The predicted octanol–water partition coefficient (Wildman–Crippen LogP) is 2.42. The highest BCUT2D eigenvalue weighted by atomic mass is 32.2. The number of hydrogen-bond donors (Lipinski definition) is 2. The van der Waals surface area contributed by atoms with Crippen LogP contribution in [-0.4, -0.2) is 39.7 Å². The van der Waals surface area contributed by atoms with Gasteiger partial charge >= 0.3 is 0 Å². The standard InChI is InChI=1S/C17H22N2O2S/c1-17(21,12-22-3)11-18-16(20)9-8-13-10-19(2)15-7-5-4-6-14(13)15/h4-10,21H,11-12H2,1-3H3,(H,18,20). The highest BCUT2D eigenvalue weighted by molar-refractivity contribution is 7.98. The van der Waals surface area contributed by atoms with Gasteiger partial charge in [0.1, 0.15) is 0 Å². The minimum Gasteiger partial charge on any atom is -0.387 e. The SMILES string of the molecule is CSCC(C)(O)CNC(=O)C=Cc1cn(C)c2ccccc12. The smallest absolute Gasteiger partial charge is 0.244 e. The van der Waals surface area contributed by atoms with Gasteiger partial charge in [-0.15, -0.1) is 0 Å². The molecule has 118 valence electrons. The van der Waals surface area contributed by atoms with Gasteiger partial charge in [0.05, 0.1) is 5.60 Å². The maximum atomic E-state index is 11.9. The van der Waals surface area contributed by atoms with Crippen molar-refractivity contribution in [2.24, 2.45) is 7.05 Å². The summed E-state index contributed by atoms with van der Waals surface area (Å²) in [4.78, 5) is 11.9. The molecule has 1 aromatic heterocycles. The molecule has 5 heteroatoms. The van der Waals surface area contributed by atoms with Crippen LogP contribution in [0.15, 0.2) is 36.5 Å². The molecule has 1 unspecified atom stereocenters. The van der Waals surface area contributed by atoms with E-state index in [2.05, 4.69) is 5.32 Å². The Labute approximate surface area is 135 Å². The lowest BCUT2D eigenvalue weighted by Gasteiger charge is -2.21. The van der Waals surface area contributed by atoms with Gasteiger partial charge < -0.3 is 15.0 Å². The zero-order valence-corrected chi connectivity index (χ0v) is 14.0. The van der Waals surface area contributed by atoms with E-state index in [1.807, 2.05) is 48.3 Å². The third-order valence-electron chi connectivity index (χ3n) is 3.44. The van der Waals surface area contributed by atoms with E-state index in [9.17, 15) is 9.90 Å². The fourth-order valence-electron chi connectivity index (χ4n) is 2.37. The number of benzene rings is 1. The Balaban J connectivity index is 2.03. The minimum atomic E-state index is -0.887. The van der Waals surface area contributed by atoms with Crippen molar-refractivity contribution >= 4 is 34.6 Å². The molecule has 0 saturated heterocycles. The van der Waals surface area contributed by atoms with Crippen LogP contribution in [0.2, 0.25) is 0 Å². The topological polar surface area (TPSA) is 54.3 Å². The second-order valence-corrected chi connectivity index (χ2v) is 6.56. The van der Waals surface area contributed by atoms with Crippen LogP contribution in [0.25, 0.3) is 17.0 Å². The summed E-state index contributed by atoms with van der Waals surface area (Å²) in [5.41, 5.74) is 1.25. The van der Waals surface area contributed by atoms with Gasteiger partial charge in [-0.25, -0.2) is 0 Å². The van der Waals surface area contributed by atoms with E-state index in [1.165, 1.54) is 6.08 Å². The van der Waals surface area contributed by atoms with Crippen LogP contribution in [0.4, 0.5) is 0 Å². The van der Waals surface area contributed by atoms with E-state index < -0.39 is 5.60 Å². The number of para-hydroxylation sites is 1. The Hall–Kier alpha value is -1.72. The molecule has 1 aromatic carbocycles. The van der Waals surface area contributed by atoms with Crippen molar-refractivity contribution in [2.45, 2.75) is 12.5 Å². The quantitative estimate of drug-likeness (QED) is 0.804. The summed E-state index contributed by atoms with van der Waals surface area (Å²) < 4.78 is 2.04. The Kier molecular flexibility index (Phi) is 5.32. The molecule has 0 bridgehead atoms. The average Bonchev–Trinajstić information content (AvgIpc) is 2.80. The van der Waals surface area contributed by atoms with E-state index in [-0.39, 0.29) is 12.5 Å². The van der Waals surface area contributed by atoms with Gasteiger partial charge in [0.2, 0.25) is 5.91 Å². The molecule has 1 amide bonds. The molecule has 0 fully saturated rings. The molecule has 1 heterocycles. The first kappa shape index (κ1) is 16.6. The Morgan fingerprint density at radius 2 is 2.18 bits per heavy atom. The van der Waals surface area contributed by atoms with Gasteiger partial charge in [0.15, 0.2) is 0 Å². The molecule has 1 atom stereocenters. The van der Waals surface area contributed by atoms with Crippen molar-refractivity contribution in [3.63, 3.8) is 0 Å². The Morgan fingerprint density at radius 1 is 1.45 bits per heavy atom. The highest BCUT2D eigenvalue weighted by Gasteiger charge is 2.19. The molecule has 4 nitrogen and oxygen atoms in total. The summed E-state index contributed by atoms with van der Waals surface area (Å²) in [5.74, 6) is 0.384. The number of thioether (sulfide) groups is 1. The summed E-state index contributed by atoms with van der Waals surface area (Å²) in [6.45, 7) is 1.96. The first-order valence-corrected chi connectivity index (χ1v) is 8.53. The van der Waals surface area contributed by atoms with E-state index in [4.69, 9.17) is 0 Å². The number of carbonyl (C=O) groups is 1. The number of aliphatic hydroxyl groups is 1. The van der Waals surface area contributed by atoms with Gasteiger partial charge in [0.25, 0.3) is 0 Å². The number of hydrogen-bond acceptors (Lipinski definition) is 3. The van der Waals surface area contributed by atoms with E-state index in [0.29, 0.717) is 5.75 Å². The van der Waals surface area contributed by atoms with Crippen LogP contribution in [0, 0.1) is 0 Å². The number of aryl methyl sites for hydroxylation is 1. The van der Waals surface area contributed by atoms with E-state index in [0.717, 1.165) is 16.5 Å². The third-order valence-corrected chi connectivity index (χ3v) is 4.35. The maximum Gasteiger partial charge on any atom is 0.244 e. The van der Waals surface area contributed by atoms with Gasteiger partial charge in [-0.3, -0.25) is 4.79 Å². The summed E-state index contributed by atoms with van der Waals surface area (Å²) in [5, 5.41) is 13.9. The molecule has 2 N–H and O–H groups in total. The van der Waals surface area contributed by atoms with Crippen molar-refractivity contribution in [3.05, 3.63) is 42.1 Å². The lowest BCUT2D eigenvalue weighted by atomic mass is 10.1. The number of rotatable bonds is 6. The van der Waals surface area contributed by atoms with E-state index in [1.54, 1.807) is 24.8 Å². The van der Waals surface area contributed by atoms with Gasteiger partial charge in [-0.1, -0.05) is 18.2 Å². The summed E-state index contributed by atoms with van der Waals surface area (Å²) in [6, 6.07) is 8.07. The third kappa shape index (κ3) is 4.15. The van der Waals surface area contributed by atoms with Crippen LogP contribution in [0.3, 0.4) is 0 Å². The number of nitrogens with zero attached hydrogens (tertiary/aromatic N) is 1. The molecule has 2 aromatic rings. The summed E-state index contributed by atoms with van der Waals surface area (Å²) >= 11 is 1.55. The molecule has 0 radical (unpaired) electrons. The van der Waals surface area contributed by atoms with Crippen molar-refractivity contribution in [1.29, 1.82) is 0 Å². The van der Waals surface area contributed by atoms with E-state index >= 15 is 0 Å². The zero-order valence-electron chi connectivity index (χ0n) is 13.2. The largest absolute Gasteiger partial charge is 0.387 e. The molecule has 0 aliphatic rings. The minimum absolute atomic E-state index is 0.200. The fourth-order valence-corrected chi connectivity index (χ4v) is 3.09. The molecule has 2 rings (SSSR count). The van der Waals surface area contributed by atoms with Crippen molar-refractivity contribution in [2.75, 3.05) is 18.6 Å². The second-order valence-electron chi connectivity index (χ2n) is 5.69. The van der Waals surface area contributed by atoms with Gasteiger partial charge in [-0.2, -0.15) is 11.8 Å². The fraction of sp³-hybridized carbons (Fsp3) is 0.353. The highest BCUT2D eigenvalue weighted by Crippen LogP contribution is 2.21. The molecule has 0 spiro atoms. The van der Waals surface area contributed by atoms with Gasteiger partial charge in [0, 0.05) is 48.1 Å². The second kappa shape index (κ2) is 7.03. The maximum absolute atomic E-state index is 11.9. The molecule has 0 aliphatic carbocycles. The molecule has 22 heavy (non-hydrogen) atoms. The molecular formula is C17H22N2O2S. The predicted molar refractivity (Wildman–Crippen MR) is 94.0 cm³/mol. The van der Waals surface area contributed by atoms with Crippen molar-refractivity contribution in [1.82, 2.24) is 9.88 Å². The Morgan fingerprint density at radius 3 is 2.91 bits per heavy atom. The van der Waals surface area contributed by atoms with Crippen LogP contribution < -0.4 is 5.32 Å². The number of aromatic nitrogens is 1. The monoisotopic (exact) mass is 318 g/mol. The number of fused-ring (bicyclic) bond motifs is 1. The van der Waals surface area contributed by atoms with Crippen molar-refractivity contribution < 1.29 is 9.90 Å². The lowest BCUT2D eigenvalue weighted by Crippen LogP contribution is -2.41.